The van der Waals surface area contributed by atoms with E-state index >= 15 is 0 Å². The number of para-hydroxylation sites is 1. The lowest BCUT2D eigenvalue weighted by atomic mass is 9.89. The summed E-state index contributed by atoms with van der Waals surface area (Å²) in [6.45, 7) is 0. The van der Waals surface area contributed by atoms with Gasteiger partial charge in [-0.3, -0.25) is 0 Å². The van der Waals surface area contributed by atoms with Crippen molar-refractivity contribution >= 4 is 67.1 Å². The fourth-order valence-corrected chi connectivity index (χ4v) is 11.2. The molecule has 224 valence electrons. The average Bonchev–Trinajstić information content (AvgIpc) is 3.54. The Balaban J connectivity index is 1.39. The number of hydrogen-bond acceptors (Lipinski definition) is 1. The fraction of sp³-hybridized carbons (Fsp3) is 0. The van der Waals surface area contributed by atoms with Crippen molar-refractivity contribution in [3.05, 3.63) is 188 Å². The van der Waals surface area contributed by atoms with Gasteiger partial charge in [-0.2, -0.15) is 0 Å². The van der Waals surface area contributed by atoms with E-state index in [4.69, 9.17) is 4.42 Å². The Bertz CT molecular complexity index is 2570. The van der Waals surface area contributed by atoms with Crippen molar-refractivity contribution in [1.82, 2.24) is 0 Å². The minimum atomic E-state index is -2.94. The monoisotopic (exact) mass is 626 g/mol. The topological polar surface area (TPSA) is 13.1 Å². The SMILES string of the molecule is C(#C[Si](c1ccccc1)(c1ccccc1)c1ccc2oc3ccccc3c2c1)c1c2ccccc2c(-c2ccccc2)c2ccccc12. The lowest BCUT2D eigenvalue weighted by molar-refractivity contribution is 0.669. The molecule has 0 aliphatic heterocycles. The predicted octanol–water partition coefficient (Wildman–Crippen LogP) is 9.62. The molecular weight excluding hydrogens is 597 g/mol. The second kappa shape index (κ2) is 11.6. The van der Waals surface area contributed by atoms with Crippen LogP contribution >= 0.6 is 0 Å². The summed E-state index contributed by atoms with van der Waals surface area (Å²) in [5.41, 5.74) is 9.43. The van der Waals surface area contributed by atoms with Gasteiger partial charge in [0.15, 0.2) is 0 Å². The maximum atomic E-state index is 6.28. The van der Waals surface area contributed by atoms with E-state index < -0.39 is 8.07 Å². The third-order valence-corrected chi connectivity index (χ3v) is 13.7. The molecule has 8 aromatic carbocycles. The molecule has 1 heterocycles. The Hall–Kier alpha value is -6.14. The minimum absolute atomic E-state index is 0.894. The van der Waals surface area contributed by atoms with Crippen molar-refractivity contribution in [2.45, 2.75) is 0 Å². The number of furan rings is 1. The molecule has 0 spiro atoms. The second-order valence-corrected chi connectivity index (χ2v) is 15.7. The van der Waals surface area contributed by atoms with Gasteiger partial charge in [-0.15, -0.1) is 5.54 Å². The van der Waals surface area contributed by atoms with Crippen molar-refractivity contribution in [2.75, 3.05) is 0 Å². The quantitative estimate of drug-likeness (QED) is 0.0821. The molecule has 9 rings (SSSR count). The van der Waals surface area contributed by atoms with E-state index in [9.17, 15) is 0 Å². The Morgan fingerprint density at radius 3 is 1.46 bits per heavy atom. The second-order valence-electron chi connectivity index (χ2n) is 12.2. The van der Waals surface area contributed by atoms with Gasteiger partial charge in [0.05, 0.1) is 0 Å². The zero-order valence-electron chi connectivity index (χ0n) is 26.2. The van der Waals surface area contributed by atoms with Gasteiger partial charge in [0.2, 0.25) is 8.07 Å². The average molecular weight is 627 g/mol. The van der Waals surface area contributed by atoms with E-state index in [2.05, 4.69) is 181 Å². The van der Waals surface area contributed by atoms with E-state index in [1.807, 2.05) is 12.1 Å². The summed E-state index contributed by atoms with van der Waals surface area (Å²) in [4.78, 5) is 0. The lowest BCUT2D eigenvalue weighted by Gasteiger charge is -2.28. The number of hydrogen-bond donors (Lipinski definition) is 0. The van der Waals surface area contributed by atoms with Crippen LogP contribution in [0.2, 0.25) is 0 Å². The van der Waals surface area contributed by atoms with E-state index in [0.29, 0.717) is 0 Å². The molecule has 0 saturated heterocycles. The van der Waals surface area contributed by atoms with Crippen molar-refractivity contribution in [3.63, 3.8) is 0 Å². The molecule has 0 unspecified atom stereocenters. The van der Waals surface area contributed by atoms with Crippen LogP contribution in [0, 0.1) is 11.5 Å². The molecule has 0 aliphatic rings. The molecule has 0 amide bonds. The summed E-state index contributed by atoms with van der Waals surface area (Å²) in [5.74, 6) is 3.91. The first-order chi connectivity index (χ1) is 23.8. The zero-order chi connectivity index (χ0) is 31.9. The van der Waals surface area contributed by atoms with Crippen LogP contribution in [0.15, 0.2) is 186 Å². The standard InChI is InChI=1S/C46H30OSi/c1-4-16-33(17-5-1)46-41-25-12-10-22-37(41)39(38-23-11-13-26-42(38)46)30-31-48(34-18-6-2-7-19-34,35-20-8-3-9-21-35)36-28-29-45-43(32-36)40-24-14-15-27-44(40)47-45/h1-29,32H. The number of benzene rings is 8. The molecule has 0 aliphatic carbocycles. The Morgan fingerprint density at radius 2 is 0.854 bits per heavy atom. The Morgan fingerprint density at radius 1 is 0.375 bits per heavy atom. The highest BCUT2D eigenvalue weighted by Crippen LogP contribution is 2.39. The molecule has 9 aromatic rings. The molecule has 0 saturated carbocycles. The van der Waals surface area contributed by atoms with Gasteiger partial charge in [0.1, 0.15) is 11.2 Å². The summed E-state index contributed by atoms with van der Waals surface area (Å²) >= 11 is 0. The number of fused-ring (bicyclic) bond motifs is 5. The Labute approximate surface area is 280 Å². The highest BCUT2D eigenvalue weighted by atomic mass is 28.3. The van der Waals surface area contributed by atoms with Gasteiger partial charge in [-0.1, -0.05) is 170 Å². The first-order valence-electron chi connectivity index (χ1n) is 16.4. The molecule has 0 radical (unpaired) electrons. The molecular formula is C46H30OSi. The van der Waals surface area contributed by atoms with Gasteiger partial charge >= 0.3 is 0 Å². The summed E-state index contributed by atoms with van der Waals surface area (Å²) in [6, 6.07) is 65.1. The molecule has 1 aromatic heterocycles. The first kappa shape index (κ1) is 28.1. The van der Waals surface area contributed by atoms with E-state index in [1.165, 1.54) is 48.2 Å². The summed E-state index contributed by atoms with van der Waals surface area (Å²) < 4.78 is 6.28. The van der Waals surface area contributed by atoms with Crippen molar-refractivity contribution in [1.29, 1.82) is 0 Å². The van der Waals surface area contributed by atoms with Crippen LogP contribution in [0.5, 0.6) is 0 Å². The first-order valence-corrected chi connectivity index (χ1v) is 18.4. The van der Waals surface area contributed by atoms with E-state index in [0.717, 1.165) is 27.5 Å². The van der Waals surface area contributed by atoms with Gasteiger partial charge in [-0.05, 0) is 66.4 Å². The van der Waals surface area contributed by atoms with Crippen LogP contribution in [0.3, 0.4) is 0 Å². The normalized spacial score (nSPS) is 11.6. The molecule has 1 nitrogen and oxygen atoms in total. The van der Waals surface area contributed by atoms with Crippen LogP contribution < -0.4 is 15.6 Å². The smallest absolute Gasteiger partial charge is 0.230 e. The predicted molar refractivity (Wildman–Crippen MR) is 205 cm³/mol. The van der Waals surface area contributed by atoms with E-state index in [1.54, 1.807) is 0 Å². The highest BCUT2D eigenvalue weighted by Gasteiger charge is 2.39. The molecule has 0 atom stereocenters. The maximum absolute atomic E-state index is 6.28. The summed E-state index contributed by atoms with van der Waals surface area (Å²) in [5, 5.41) is 10.8. The van der Waals surface area contributed by atoms with Crippen LogP contribution in [0.4, 0.5) is 0 Å². The van der Waals surface area contributed by atoms with Crippen LogP contribution in [-0.2, 0) is 0 Å². The lowest BCUT2D eigenvalue weighted by Crippen LogP contribution is -2.66. The van der Waals surface area contributed by atoms with Crippen molar-refractivity contribution in [2.24, 2.45) is 0 Å². The van der Waals surface area contributed by atoms with Crippen molar-refractivity contribution < 1.29 is 4.42 Å². The van der Waals surface area contributed by atoms with Crippen LogP contribution in [0.25, 0.3) is 54.6 Å². The number of rotatable bonds is 4. The highest BCUT2D eigenvalue weighted by molar-refractivity contribution is 7.17. The molecule has 0 bridgehead atoms. The van der Waals surface area contributed by atoms with Crippen LogP contribution in [0.1, 0.15) is 5.56 Å². The summed E-state index contributed by atoms with van der Waals surface area (Å²) in [7, 11) is -2.94. The van der Waals surface area contributed by atoms with Gasteiger partial charge in [-0.25, -0.2) is 0 Å². The molecule has 48 heavy (non-hydrogen) atoms. The fourth-order valence-electron chi connectivity index (χ4n) is 7.39. The Kier molecular flexibility index (Phi) is 6.78. The largest absolute Gasteiger partial charge is 0.456 e. The van der Waals surface area contributed by atoms with Crippen LogP contribution in [-0.4, -0.2) is 8.07 Å². The van der Waals surface area contributed by atoms with Crippen molar-refractivity contribution in [3.8, 4) is 22.6 Å². The summed E-state index contributed by atoms with van der Waals surface area (Å²) in [6.07, 6.45) is 0. The maximum Gasteiger partial charge on any atom is 0.230 e. The van der Waals surface area contributed by atoms with E-state index in [-0.39, 0.29) is 0 Å². The molecule has 0 N–H and O–H groups in total. The third kappa shape index (κ3) is 4.48. The minimum Gasteiger partial charge on any atom is -0.456 e. The van der Waals surface area contributed by atoms with Gasteiger partial charge in [0.25, 0.3) is 0 Å². The zero-order valence-corrected chi connectivity index (χ0v) is 27.2. The van der Waals surface area contributed by atoms with Gasteiger partial charge < -0.3 is 4.42 Å². The molecule has 2 heteroatoms. The van der Waals surface area contributed by atoms with Gasteiger partial charge in [0, 0.05) is 16.3 Å². The third-order valence-electron chi connectivity index (χ3n) is 9.59. The molecule has 0 fully saturated rings.